The predicted octanol–water partition coefficient (Wildman–Crippen LogP) is 1.70. The second-order valence-electron chi connectivity index (χ2n) is 2.66. The molecular weight excluding hydrogens is 204 g/mol. The van der Waals surface area contributed by atoms with Gasteiger partial charge in [0.05, 0.1) is 12.5 Å². The van der Waals surface area contributed by atoms with Gasteiger partial charge < -0.3 is 4.74 Å². The normalized spacial score (nSPS) is 9.93. The molecule has 0 radical (unpaired) electrons. The van der Waals surface area contributed by atoms with Crippen molar-refractivity contribution in [3.05, 3.63) is 23.3 Å². The highest BCUT2D eigenvalue weighted by atomic mass is 35.5. The van der Waals surface area contributed by atoms with Gasteiger partial charge in [-0.2, -0.15) is 0 Å². The van der Waals surface area contributed by atoms with Gasteiger partial charge in [0.25, 0.3) is 0 Å². The number of carbonyl (C=O) groups is 1. The monoisotopic (exact) mass is 214 g/mol. The number of halogens is 1. The van der Waals surface area contributed by atoms with Gasteiger partial charge in [0.2, 0.25) is 0 Å². The Hall–Kier alpha value is -1.16. The van der Waals surface area contributed by atoms with Crippen LogP contribution in [0.25, 0.3) is 0 Å². The summed E-state index contributed by atoms with van der Waals surface area (Å²) < 4.78 is 4.81. The van der Waals surface area contributed by atoms with Crippen molar-refractivity contribution in [1.82, 2.24) is 9.97 Å². The van der Waals surface area contributed by atoms with Crippen LogP contribution in [0.5, 0.6) is 0 Å². The van der Waals surface area contributed by atoms with Gasteiger partial charge in [-0.3, -0.25) is 0 Å². The van der Waals surface area contributed by atoms with E-state index in [0.29, 0.717) is 18.1 Å². The number of esters is 1. The van der Waals surface area contributed by atoms with E-state index in [0.717, 1.165) is 0 Å². The van der Waals surface area contributed by atoms with Crippen LogP contribution in [0.1, 0.15) is 28.9 Å². The topological polar surface area (TPSA) is 52.1 Å². The molecule has 0 aliphatic carbocycles. The smallest absolute Gasteiger partial charge is 0.357 e. The highest BCUT2D eigenvalue weighted by Gasteiger charge is 2.10. The summed E-state index contributed by atoms with van der Waals surface area (Å²) in [6.45, 7) is 3.85. The van der Waals surface area contributed by atoms with Crippen LogP contribution in [0.4, 0.5) is 0 Å². The van der Waals surface area contributed by atoms with Gasteiger partial charge in [-0.15, -0.1) is 11.6 Å². The number of alkyl halides is 1. The SMILES string of the molecule is CCOC(=O)c1cc(C)nc(CCl)n1. The summed E-state index contributed by atoms with van der Waals surface area (Å²) in [6, 6.07) is 1.58. The molecule has 76 valence electrons. The predicted molar refractivity (Wildman–Crippen MR) is 52.3 cm³/mol. The first kappa shape index (κ1) is 10.9. The first-order chi connectivity index (χ1) is 6.67. The van der Waals surface area contributed by atoms with E-state index in [2.05, 4.69) is 9.97 Å². The molecule has 0 saturated heterocycles. The van der Waals surface area contributed by atoms with Crippen molar-refractivity contribution in [2.24, 2.45) is 0 Å². The molecule has 0 unspecified atom stereocenters. The van der Waals surface area contributed by atoms with Gasteiger partial charge in [0.1, 0.15) is 5.82 Å². The maximum Gasteiger partial charge on any atom is 0.357 e. The molecule has 1 aromatic rings. The van der Waals surface area contributed by atoms with Crippen LogP contribution in [0.15, 0.2) is 6.07 Å². The zero-order valence-electron chi connectivity index (χ0n) is 8.08. The van der Waals surface area contributed by atoms with Gasteiger partial charge in [0.15, 0.2) is 5.69 Å². The first-order valence-electron chi connectivity index (χ1n) is 4.25. The molecule has 0 fully saturated rings. The number of ether oxygens (including phenoxy) is 1. The van der Waals surface area contributed by atoms with E-state index < -0.39 is 5.97 Å². The second kappa shape index (κ2) is 4.91. The molecule has 0 spiro atoms. The largest absolute Gasteiger partial charge is 0.461 e. The molecule has 0 saturated carbocycles. The van der Waals surface area contributed by atoms with Crippen LogP contribution >= 0.6 is 11.6 Å². The molecule has 1 heterocycles. The highest BCUT2D eigenvalue weighted by Crippen LogP contribution is 2.04. The molecule has 5 heteroatoms. The summed E-state index contributed by atoms with van der Waals surface area (Å²) in [5.74, 6) is 0.188. The molecule has 0 aliphatic heterocycles. The quantitative estimate of drug-likeness (QED) is 0.568. The number of hydrogen-bond acceptors (Lipinski definition) is 4. The molecule has 1 rings (SSSR count). The van der Waals surface area contributed by atoms with Crippen LogP contribution in [-0.2, 0) is 10.6 Å². The Kier molecular flexibility index (Phi) is 3.83. The Labute approximate surface area is 87.3 Å². The van der Waals surface area contributed by atoms with Crippen molar-refractivity contribution in [2.45, 2.75) is 19.7 Å². The molecular formula is C9H11ClN2O2. The number of aromatic nitrogens is 2. The lowest BCUT2D eigenvalue weighted by Crippen LogP contribution is -2.10. The van der Waals surface area contributed by atoms with Crippen molar-refractivity contribution < 1.29 is 9.53 Å². The standard InChI is InChI=1S/C9H11ClN2O2/c1-3-14-9(13)7-4-6(2)11-8(5-10)12-7/h4H,3,5H2,1-2H3. The van der Waals surface area contributed by atoms with Crippen molar-refractivity contribution in [3.8, 4) is 0 Å². The molecule has 0 atom stereocenters. The maximum absolute atomic E-state index is 11.3. The van der Waals surface area contributed by atoms with Crippen LogP contribution in [0.2, 0.25) is 0 Å². The first-order valence-corrected chi connectivity index (χ1v) is 4.78. The van der Waals surface area contributed by atoms with Gasteiger partial charge >= 0.3 is 5.97 Å². The number of hydrogen-bond donors (Lipinski definition) is 0. The van der Waals surface area contributed by atoms with E-state index in [9.17, 15) is 4.79 Å². The Morgan fingerprint density at radius 2 is 2.29 bits per heavy atom. The minimum atomic E-state index is -0.440. The molecule has 1 aromatic heterocycles. The van der Waals surface area contributed by atoms with Gasteiger partial charge in [-0.25, -0.2) is 14.8 Å². The van der Waals surface area contributed by atoms with Crippen molar-refractivity contribution >= 4 is 17.6 Å². The van der Waals surface area contributed by atoms with Crippen LogP contribution in [0, 0.1) is 6.92 Å². The van der Waals surface area contributed by atoms with E-state index in [1.165, 1.54) is 0 Å². The summed E-state index contributed by atoms with van der Waals surface area (Å²) in [5, 5.41) is 0. The number of rotatable bonds is 3. The lowest BCUT2D eigenvalue weighted by Gasteiger charge is -2.03. The van der Waals surface area contributed by atoms with E-state index >= 15 is 0 Å². The van der Waals surface area contributed by atoms with E-state index in [1.807, 2.05) is 0 Å². The van der Waals surface area contributed by atoms with Crippen LogP contribution in [0.3, 0.4) is 0 Å². The van der Waals surface area contributed by atoms with Gasteiger partial charge in [-0.05, 0) is 19.9 Å². The molecule has 14 heavy (non-hydrogen) atoms. The summed E-state index contributed by atoms with van der Waals surface area (Å²) >= 11 is 5.58. The third-order valence-electron chi connectivity index (χ3n) is 1.50. The van der Waals surface area contributed by atoms with Crippen molar-refractivity contribution in [3.63, 3.8) is 0 Å². The average molecular weight is 215 g/mol. The Bertz CT molecular complexity index is 342. The fraction of sp³-hybridized carbons (Fsp3) is 0.444. The van der Waals surface area contributed by atoms with E-state index in [1.54, 1.807) is 19.9 Å². The molecule has 0 aliphatic rings. The maximum atomic E-state index is 11.3. The third-order valence-corrected chi connectivity index (χ3v) is 1.74. The Balaban J connectivity index is 2.96. The minimum absolute atomic E-state index is 0.189. The van der Waals surface area contributed by atoms with E-state index in [-0.39, 0.29) is 11.6 Å². The van der Waals surface area contributed by atoms with Crippen molar-refractivity contribution in [2.75, 3.05) is 6.61 Å². The number of aryl methyl sites for hydroxylation is 1. The molecule has 0 bridgehead atoms. The second-order valence-corrected chi connectivity index (χ2v) is 2.93. The molecule has 0 amide bonds. The van der Waals surface area contributed by atoms with Crippen LogP contribution in [-0.4, -0.2) is 22.5 Å². The molecule has 4 nitrogen and oxygen atoms in total. The summed E-state index contributed by atoms with van der Waals surface area (Å²) in [4.78, 5) is 19.3. The average Bonchev–Trinajstić information content (AvgIpc) is 2.17. The minimum Gasteiger partial charge on any atom is -0.461 e. The molecule has 0 aromatic carbocycles. The van der Waals surface area contributed by atoms with E-state index in [4.69, 9.17) is 16.3 Å². The zero-order valence-corrected chi connectivity index (χ0v) is 8.84. The van der Waals surface area contributed by atoms with Gasteiger partial charge in [-0.1, -0.05) is 0 Å². The Morgan fingerprint density at radius 1 is 1.57 bits per heavy atom. The number of nitrogens with zero attached hydrogens (tertiary/aromatic N) is 2. The fourth-order valence-electron chi connectivity index (χ4n) is 0.999. The van der Waals surface area contributed by atoms with Crippen LogP contribution < -0.4 is 0 Å². The fourth-order valence-corrected chi connectivity index (χ4v) is 1.12. The lowest BCUT2D eigenvalue weighted by molar-refractivity contribution is 0.0518. The Morgan fingerprint density at radius 3 is 2.86 bits per heavy atom. The highest BCUT2D eigenvalue weighted by molar-refractivity contribution is 6.16. The third kappa shape index (κ3) is 2.67. The molecule has 0 N–H and O–H groups in total. The summed E-state index contributed by atoms with van der Waals surface area (Å²) in [5.41, 5.74) is 0.966. The summed E-state index contributed by atoms with van der Waals surface area (Å²) in [6.07, 6.45) is 0. The van der Waals surface area contributed by atoms with Gasteiger partial charge in [0, 0.05) is 5.69 Å². The lowest BCUT2D eigenvalue weighted by atomic mass is 10.3. The number of carbonyl (C=O) groups excluding carboxylic acids is 1. The zero-order chi connectivity index (χ0) is 10.6. The summed E-state index contributed by atoms with van der Waals surface area (Å²) in [7, 11) is 0. The van der Waals surface area contributed by atoms with Crippen molar-refractivity contribution in [1.29, 1.82) is 0 Å².